The lowest BCUT2D eigenvalue weighted by Crippen LogP contribution is -2.03. The number of aryl methyl sites for hydroxylation is 1. The summed E-state index contributed by atoms with van der Waals surface area (Å²) in [7, 11) is 0. The second-order valence-corrected chi connectivity index (χ2v) is 4.85. The largest absolute Gasteiger partial charge is 0.200 e. The zero-order chi connectivity index (χ0) is 10.6. The van der Waals surface area contributed by atoms with Crippen LogP contribution in [-0.2, 0) is 6.42 Å². The van der Waals surface area contributed by atoms with Gasteiger partial charge in [0, 0.05) is 5.25 Å². The molecular formula is C13H20S. The van der Waals surface area contributed by atoms with Crippen molar-refractivity contribution in [2.24, 2.45) is 5.92 Å². The van der Waals surface area contributed by atoms with Gasteiger partial charge in [-0.1, -0.05) is 50.9 Å². The second-order valence-electron chi connectivity index (χ2n) is 3.92. The van der Waals surface area contributed by atoms with E-state index in [1.807, 2.05) is 0 Å². The van der Waals surface area contributed by atoms with Gasteiger partial charge in [0.15, 0.2) is 0 Å². The number of rotatable bonds is 4. The molecular weight excluding hydrogens is 188 g/mol. The molecule has 14 heavy (non-hydrogen) atoms. The molecule has 0 N–H and O–H groups in total. The van der Waals surface area contributed by atoms with Crippen LogP contribution in [0.2, 0.25) is 0 Å². The third kappa shape index (κ3) is 2.48. The lowest BCUT2D eigenvalue weighted by Gasteiger charge is -2.20. The van der Waals surface area contributed by atoms with Crippen molar-refractivity contribution in [1.29, 1.82) is 0 Å². The first kappa shape index (κ1) is 11.5. The maximum Gasteiger partial charge on any atom is 0.0240 e. The molecule has 0 aliphatic rings. The normalized spacial score (nSPS) is 13.1. The van der Waals surface area contributed by atoms with E-state index in [1.54, 1.807) is 0 Å². The average molecular weight is 208 g/mol. The average Bonchev–Trinajstić information content (AvgIpc) is 2.19. The highest BCUT2D eigenvalue weighted by atomic mass is 32.1. The van der Waals surface area contributed by atoms with Crippen LogP contribution in [0.5, 0.6) is 0 Å². The minimum Gasteiger partial charge on any atom is -0.200 e. The molecule has 0 amide bonds. The quantitative estimate of drug-likeness (QED) is 0.564. The summed E-state index contributed by atoms with van der Waals surface area (Å²) in [5.41, 5.74) is 2.96. The first-order valence-corrected chi connectivity index (χ1v) is 6.39. The van der Waals surface area contributed by atoms with Crippen LogP contribution in [0.4, 0.5) is 0 Å². The molecule has 0 unspecified atom stereocenters. The molecule has 0 fully saturated rings. The summed E-state index contributed by atoms with van der Waals surface area (Å²) >= 11 is 1.23. The molecule has 1 atom stereocenters. The van der Waals surface area contributed by atoms with Crippen molar-refractivity contribution >= 4 is 17.2 Å². The SMILES string of the molecule is C=[SH][C@@H](c1ccccc1CC)C(C)C. The van der Waals surface area contributed by atoms with E-state index in [0.717, 1.165) is 6.42 Å². The smallest absolute Gasteiger partial charge is 0.0240 e. The van der Waals surface area contributed by atoms with E-state index in [9.17, 15) is 0 Å². The second kappa shape index (κ2) is 5.35. The molecule has 0 radical (unpaired) electrons. The van der Waals surface area contributed by atoms with Gasteiger partial charge >= 0.3 is 0 Å². The van der Waals surface area contributed by atoms with Gasteiger partial charge in [-0.15, -0.1) is 0 Å². The third-order valence-corrected chi connectivity index (χ3v) is 3.85. The van der Waals surface area contributed by atoms with Gasteiger partial charge in [-0.25, -0.2) is 0 Å². The van der Waals surface area contributed by atoms with Crippen molar-refractivity contribution in [3.63, 3.8) is 0 Å². The van der Waals surface area contributed by atoms with Crippen LogP contribution < -0.4 is 0 Å². The van der Waals surface area contributed by atoms with Gasteiger partial charge in [0.05, 0.1) is 0 Å². The molecule has 0 aromatic heterocycles. The van der Waals surface area contributed by atoms with E-state index in [1.165, 1.54) is 22.5 Å². The van der Waals surface area contributed by atoms with E-state index < -0.39 is 0 Å². The highest BCUT2D eigenvalue weighted by molar-refractivity contribution is 7.96. The van der Waals surface area contributed by atoms with Crippen LogP contribution in [-0.4, -0.2) is 5.87 Å². The van der Waals surface area contributed by atoms with E-state index in [2.05, 4.69) is 50.9 Å². The fraction of sp³-hybridized carbons (Fsp3) is 0.462. The lowest BCUT2D eigenvalue weighted by atomic mass is 9.96. The fourth-order valence-corrected chi connectivity index (χ4v) is 2.68. The molecule has 78 valence electrons. The Morgan fingerprint density at radius 3 is 2.43 bits per heavy atom. The van der Waals surface area contributed by atoms with Gasteiger partial charge in [0.2, 0.25) is 0 Å². The van der Waals surface area contributed by atoms with Crippen molar-refractivity contribution in [1.82, 2.24) is 0 Å². The predicted octanol–water partition coefficient (Wildman–Crippen LogP) is 3.84. The Morgan fingerprint density at radius 2 is 1.93 bits per heavy atom. The van der Waals surface area contributed by atoms with Crippen LogP contribution in [0.3, 0.4) is 0 Å². The molecule has 1 heteroatoms. The molecule has 1 aromatic rings. The van der Waals surface area contributed by atoms with Gasteiger partial charge in [-0.2, -0.15) is 11.4 Å². The summed E-state index contributed by atoms with van der Waals surface area (Å²) in [6.07, 6.45) is 1.12. The molecule has 0 aliphatic carbocycles. The van der Waals surface area contributed by atoms with Gasteiger partial charge in [-0.3, -0.25) is 0 Å². The minimum absolute atomic E-state index is 0.589. The highest BCUT2D eigenvalue weighted by Crippen LogP contribution is 2.32. The maximum atomic E-state index is 4.03. The molecule has 1 rings (SSSR count). The van der Waals surface area contributed by atoms with Crippen LogP contribution in [0.1, 0.15) is 37.1 Å². The first-order chi connectivity index (χ1) is 6.70. The summed E-state index contributed by atoms with van der Waals surface area (Å²) < 4.78 is 0. The Bertz CT molecular complexity index is 302. The molecule has 0 nitrogen and oxygen atoms in total. The Kier molecular flexibility index (Phi) is 4.40. The molecule has 0 heterocycles. The van der Waals surface area contributed by atoms with Gasteiger partial charge in [0.25, 0.3) is 0 Å². The zero-order valence-corrected chi connectivity index (χ0v) is 10.2. The van der Waals surface area contributed by atoms with Crippen LogP contribution in [0, 0.1) is 5.92 Å². The van der Waals surface area contributed by atoms with Crippen LogP contribution in [0.25, 0.3) is 0 Å². The number of benzene rings is 1. The van der Waals surface area contributed by atoms with E-state index in [-0.39, 0.29) is 0 Å². The number of hydrogen-bond donors (Lipinski definition) is 1. The Morgan fingerprint density at radius 1 is 1.29 bits per heavy atom. The van der Waals surface area contributed by atoms with Crippen molar-refractivity contribution in [2.75, 3.05) is 0 Å². The summed E-state index contributed by atoms with van der Waals surface area (Å²) in [6, 6.07) is 8.74. The summed E-state index contributed by atoms with van der Waals surface area (Å²) in [5.74, 6) is 4.70. The highest BCUT2D eigenvalue weighted by Gasteiger charge is 2.13. The topological polar surface area (TPSA) is 0 Å². The van der Waals surface area contributed by atoms with E-state index in [0.29, 0.717) is 11.2 Å². The minimum atomic E-state index is 0.589. The maximum absolute atomic E-state index is 4.03. The lowest BCUT2D eigenvalue weighted by molar-refractivity contribution is 0.631. The molecule has 0 spiro atoms. The summed E-state index contributed by atoms with van der Waals surface area (Å²) in [5, 5.41) is 0.589. The van der Waals surface area contributed by atoms with E-state index in [4.69, 9.17) is 0 Å². The molecule has 0 bridgehead atoms. The van der Waals surface area contributed by atoms with Crippen molar-refractivity contribution in [3.05, 3.63) is 35.4 Å². The zero-order valence-electron chi connectivity index (χ0n) is 9.33. The Hall–Kier alpha value is -0.560. The van der Waals surface area contributed by atoms with Gasteiger partial charge < -0.3 is 0 Å². The van der Waals surface area contributed by atoms with Crippen molar-refractivity contribution in [2.45, 2.75) is 32.4 Å². The van der Waals surface area contributed by atoms with E-state index >= 15 is 0 Å². The van der Waals surface area contributed by atoms with Crippen LogP contribution in [0.15, 0.2) is 24.3 Å². The molecule has 0 saturated heterocycles. The Balaban J connectivity index is 3.08. The van der Waals surface area contributed by atoms with Crippen molar-refractivity contribution in [3.8, 4) is 0 Å². The van der Waals surface area contributed by atoms with Crippen LogP contribution >= 0.6 is 11.4 Å². The Labute approximate surface area is 91.3 Å². The van der Waals surface area contributed by atoms with Crippen molar-refractivity contribution < 1.29 is 0 Å². The monoisotopic (exact) mass is 208 g/mol. The standard InChI is InChI=1S/C13H20S/c1-5-11-8-6-7-9-12(11)13(14-4)10(2)3/h6-10,13-14H,4-5H2,1-3H3/t13-/m1/s1. The van der Waals surface area contributed by atoms with Gasteiger partial charge in [-0.05, 0) is 23.5 Å². The third-order valence-electron chi connectivity index (χ3n) is 2.58. The van der Waals surface area contributed by atoms with Gasteiger partial charge in [0.1, 0.15) is 0 Å². The predicted molar refractivity (Wildman–Crippen MR) is 69.5 cm³/mol. The molecule has 1 aromatic carbocycles. The fourth-order valence-electron chi connectivity index (χ4n) is 1.81. The summed E-state index contributed by atoms with van der Waals surface area (Å²) in [6.45, 7) is 6.76. The molecule has 0 saturated carbocycles. The first-order valence-electron chi connectivity index (χ1n) is 5.24. The summed E-state index contributed by atoms with van der Waals surface area (Å²) in [4.78, 5) is 0. The number of thiol groups is 1. The molecule has 0 aliphatic heterocycles. The number of hydrogen-bond acceptors (Lipinski definition) is 0.